The molecule has 2 aliphatic rings. The molecule has 0 radical (unpaired) electrons. The first-order valence-corrected chi connectivity index (χ1v) is 6.59. The second-order valence-electron chi connectivity index (χ2n) is 4.08. The highest BCUT2D eigenvalue weighted by atomic mass is 32.2. The van der Waals surface area contributed by atoms with Crippen LogP contribution in [0.2, 0.25) is 0 Å². The molecule has 18 heavy (non-hydrogen) atoms. The fraction of sp³-hybridized carbons (Fsp3) is 0.364. The minimum absolute atomic E-state index is 0.211. The predicted octanol–water partition coefficient (Wildman–Crippen LogP) is 0.809. The summed E-state index contributed by atoms with van der Waals surface area (Å²) in [7, 11) is 0. The molecule has 1 atom stereocenters. The Hall–Kier alpha value is -1.28. The summed E-state index contributed by atoms with van der Waals surface area (Å²) >= 11 is -2.10. The SMILES string of the molecule is O=C1Nc2ccc(S(=O)O)cc2C12OCCCO2. The molecule has 1 saturated heterocycles. The highest BCUT2D eigenvalue weighted by molar-refractivity contribution is 7.79. The van der Waals surface area contributed by atoms with E-state index in [2.05, 4.69) is 5.32 Å². The topological polar surface area (TPSA) is 84.9 Å². The number of benzene rings is 1. The van der Waals surface area contributed by atoms with Gasteiger partial charge in [-0.3, -0.25) is 4.79 Å². The van der Waals surface area contributed by atoms with Gasteiger partial charge in [0.2, 0.25) is 0 Å². The van der Waals surface area contributed by atoms with Crippen LogP contribution in [0.4, 0.5) is 5.69 Å². The molecule has 6 nitrogen and oxygen atoms in total. The number of carbonyl (C=O) groups is 1. The van der Waals surface area contributed by atoms with Crippen molar-refractivity contribution < 1.29 is 23.0 Å². The summed E-state index contributed by atoms with van der Waals surface area (Å²) in [6.45, 7) is 0.832. The molecule has 1 aromatic rings. The van der Waals surface area contributed by atoms with Crippen LogP contribution >= 0.6 is 0 Å². The van der Waals surface area contributed by atoms with Crippen LogP contribution in [0.15, 0.2) is 23.1 Å². The number of anilines is 1. The summed E-state index contributed by atoms with van der Waals surface area (Å²) in [5, 5.41) is 2.65. The molecule has 1 fully saturated rings. The van der Waals surface area contributed by atoms with Crippen LogP contribution in [-0.4, -0.2) is 27.9 Å². The van der Waals surface area contributed by atoms with E-state index in [-0.39, 0.29) is 4.90 Å². The third kappa shape index (κ3) is 1.59. The molecular weight excluding hydrogens is 258 g/mol. The van der Waals surface area contributed by atoms with Crippen molar-refractivity contribution in [2.45, 2.75) is 17.1 Å². The maximum Gasteiger partial charge on any atom is 0.289 e. The highest BCUT2D eigenvalue weighted by Crippen LogP contribution is 2.42. The minimum Gasteiger partial charge on any atom is -0.338 e. The molecule has 1 spiro atoms. The van der Waals surface area contributed by atoms with Crippen LogP contribution in [0, 0.1) is 0 Å². The minimum atomic E-state index is -2.10. The van der Waals surface area contributed by atoms with Crippen LogP contribution in [0.25, 0.3) is 0 Å². The molecule has 1 unspecified atom stereocenters. The number of carbonyl (C=O) groups excluding carboxylic acids is 1. The van der Waals surface area contributed by atoms with Crippen LogP contribution in [0.5, 0.6) is 0 Å². The van der Waals surface area contributed by atoms with Crippen molar-refractivity contribution in [2.75, 3.05) is 18.5 Å². The smallest absolute Gasteiger partial charge is 0.289 e. The zero-order chi connectivity index (χ0) is 12.8. The van der Waals surface area contributed by atoms with Gasteiger partial charge in [-0.2, -0.15) is 0 Å². The van der Waals surface area contributed by atoms with Gasteiger partial charge in [-0.1, -0.05) is 0 Å². The fourth-order valence-electron chi connectivity index (χ4n) is 2.16. The van der Waals surface area contributed by atoms with E-state index in [1.54, 1.807) is 6.07 Å². The summed E-state index contributed by atoms with van der Waals surface area (Å²) in [5.74, 6) is -1.85. The van der Waals surface area contributed by atoms with Crippen LogP contribution in [0.1, 0.15) is 12.0 Å². The Bertz CT molecular complexity index is 538. The van der Waals surface area contributed by atoms with E-state index in [4.69, 9.17) is 14.0 Å². The lowest BCUT2D eigenvalue weighted by Gasteiger charge is -2.31. The van der Waals surface area contributed by atoms with Crippen LogP contribution in [0.3, 0.4) is 0 Å². The van der Waals surface area contributed by atoms with Gasteiger partial charge in [0, 0.05) is 5.56 Å². The van der Waals surface area contributed by atoms with Gasteiger partial charge in [-0.15, -0.1) is 0 Å². The Morgan fingerprint density at radius 2 is 2.06 bits per heavy atom. The lowest BCUT2D eigenvalue weighted by molar-refractivity contribution is -0.255. The van der Waals surface area contributed by atoms with Crippen molar-refractivity contribution in [3.63, 3.8) is 0 Å². The van der Waals surface area contributed by atoms with Crippen molar-refractivity contribution in [1.29, 1.82) is 0 Å². The molecule has 2 N–H and O–H groups in total. The number of nitrogens with one attached hydrogen (secondary N) is 1. The van der Waals surface area contributed by atoms with Gasteiger partial charge in [0.15, 0.2) is 11.1 Å². The van der Waals surface area contributed by atoms with E-state index in [9.17, 15) is 9.00 Å². The Labute approximate surface area is 106 Å². The number of fused-ring (bicyclic) bond motifs is 2. The second kappa shape index (κ2) is 4.13. The van der Waals surface area contributed by atoms with Gasteiger partial charge < -0.3 is 19.3 Å². The standard InChI is InChI=1S/C11H11NO5S/c13-10-11(16-4-1-5-17-11)8-6-7(18(14)15)2-3-9(8)12-10/h2-3,6H,1,4-5H2,(H,12,13)(H,14,15). The monoisotopic (exact) mass is 269 g/mol. The number of hydrogen-bond donors (Lipinski definition) is 2. The van der Waals surface area contributed by atoms with Crippen molar-refractivity contribution in [3.05, 3.63) is 23.8 Å². The van der Waals surface area contributed by atoms with Crippen LogP contribution in [-0.2, 0) is 31.1 Å². The highest BCUT2D eigenvalue weighted by Gasteiger charge is 2.51. The number of ether oxygens (including phenoxy) is 2. The molecule has 0 aromatic heterocycles. The first-order valence-electron chi connectivity index (χ1n) is 5.48. The third-order valence-corrected chi connectivity index (χ3v) is 3.65. The van der Waals surface area contributed by atoms with E-state index in [0.29, 0.717) is 24.5 Å². The van der Waals surface area contributed by atoms with E-state index < -0.39 is 22.8 Å². The second-order valence-corrected chi connectivity index (χ2v) is 5.05. The first kappa shape index (κ1) is 11.8. The Morgan fingerprint density at radius 1 is 1.33 bits per heavy atom. The quantitative estimate of drug-likeness (QED) is 0.737. The molecule has 0 bridgehead atoms. The van der Waals surface area contributed by atoms with Gasteiger partial charge in [-0.05, 0) is 24.6 Å². The molecule has 0 aliphatic carbocycles. The Balaban J connectivity index is 2.12. The first-order chi connectivity index (χ1) is 8.63. The molecular formula is C11H11NO5S. The van der Waals surface area contributed by atoms with Gasteiger partial charge >= 0.3 is 0 Å². The molecule has 2 aliphatic heterocycles. The normalized spacial score (nSPS) is 22.6. The maximum absolute atomic E-state index is 12.0. The van der Waals surface area contributed by atoms with Gasteiger partial charge in [0.1, 0.15) is 0 Å². The van der Waals surface area contributed by atoms with Crippen molar-refractivity contribution >= 4 is 22.7 Å². The van der Waals surface area contributed by atoms with E-state index in [1.165, 1.54) is 12.1 Å². The summed E-state index contributed by atoms with van der Waals surface area (Å²) in [4.78, 5) is 12.2. The molecule has 0 saturated carbocycles. The van der Waals surface area contributed by atoms with Crippen molar-refractivity contribution in [1.82, 2.24) is 0 Å². The summed E-state index contributed by atoms with van der Waals surface area (Å²) in [5.41, 5.74) is 1.02. The lowest BCUT2D eigenvalue weighted by atomic mass is 10.1. The Kier molecular flexibility index (Phi) is 2.70. The number of rotatable bonds is 1. The van der Waals surface area contributed by atoms with E-state index in [0.717, 1.165) is 6.42 Å². The zero-order valence-corrected chi connectivity index (χ0v) is 10.2. The van der Waals surface area contributed by atoms with Crippen molar-refractivity contribution in [2.24, 2.45) is 0 Å². The van der Waals surface area contributed by atoms with E-state index >= 15 is 0 Å². The summed E-state index contributed by atoms with van der Waals surface area (Å²) < 4.78 is 31.1. The number of amides is 1. The van der Waals surface area contributed by atoms with Gasteiger partial charge in [0.05, 0.1) is 23.8 Å². The lowest BCUT2D eigenvalue weighted by Crippen LogP contribution is -2.43. The maximum atomic E-state index is 12.0. The molecule has 96 valence electrons. The predicted molar refractivity (Wildman–Crippen MR) is 62.3 cm³/mol. The molecule has 3 rings (SSSR count). The Morgan fingerprint density at radius 3 is 2.72 bits per heavy atom. The zero-order valence-electron chi connectivity index (χ0n) is 9.34. The van der Waals surface area contributed by atoms with Gasteiger partial charge in [0.25, 0.3) is 11.7 Å². The summed E-state index contributed by atoms with van der Waals surface area (Å²) in [6.07, 6.45) is 0.718. The fourth-order valence-corrected chi connectivity index (χ4v) is 2.56. The van der Waals surface area contributed by atoms with Gasteiger partial charge in [-0.25, -0.2) is 4.21 Å². The largest absolute Gasteiger partial charge is 0.338 e. The van der Waals surface area contributed by atoms with Crippen LogP contribution < -0.4 is 5.32 Å². The molecule has 7 heteroatoms. The average molecular weight is 269 g/mol. The summed E-state index contributed by atoms with van der Waals surface area (Å²) in [6, 6.07) is 4.53. The molecule has 1 aromatic carbocycles. The number of hydrogen-bond acceptors (Lipinski definition) is 4. The molecule has 1 amide bonds. The van der Waals surface area contributed by atoms with E-state index in [1.807, 2.05) is 0 Å². The average Bonchev–Trinajstić information content (AvgIpc) is 2.63. The molecule has 2 heterocycles. The van der Waals surface area contributed by atoms with Crippen molar-refractivity contribution in [3.8, 4) is 0 Å². The third-order valence-electron chi connectivity index (χ3n) is 2.99.